The van der Waals surface area contributed by atoms with Crippen molar-refractivity contribution >= 4 is 22.8 Å². The van der Waals surface area contributed by atoms with E-state index in [2.05, 4.69) is 27.2 Å². The van der Waals surface area contributed by atoms with E-state index in [4.69, 9.17) is 5.73 Å². The fraction of sp³-hybridized carbons (Fsp3) is 0.353. The third-order valence-electron chi connectivity index (χ3n) is 3.88. The number of aromatic nitrogens is 4. The van der Waals surface area contributed by atoms with Crippen LogP contribution in [0.25, 0.3) is 11.0 Å². The molecule has 1 atom stereocenters. The number of anilines is 2. The number of fused-ring (bicyclic) bond motifs is 1. The van der Waals surface area contributed by atoms with Crippen molar-refractivity contribution in [1.82, 2.24) is 19.5 Å². The molecule has 0 fully saturated rings. The molecule has 0 saturated heterocycles. The Labute approximate surface area is 140 Å². The van der Waals surface area contributed by atoms with Crippen LogP contribution in [0.15, 0.2) is 36.7 Å². The molecule has 7 nitrogen and oxygen atoms in total. The fourth-order valence-electron chi connectivity index (χ4n) is 2.77. The molecular weight excluding hydrogens is 304 g/mol. The van der Waals surface area contributed by atoms with E-state index in [1.54, 1.807) is 6.20 Å². The Bertz CT molecular complexity index is 801. The van der Waals surface area contributed by atoms with Crippen molar-refractivity contribution in [3.63, 3.8) is 0 Å². The highest BCUT2D eigenvalue weighted by molar-refractivity contribution is 5.87. The Hall–Kier alpha value is -2.67. The largest absolute Gasteiger partial charge is 0.394 e. The number of nitrogens with one attached hydrogen (secondary N) is 1. The van der Waals surface area contributed by atoms with Crippen LogP contribution in [0.1, 0.15) is 25.5 Å². The fourth-order valence-corrected chi connectivity index (χ4v) is 2.77. The molecule has 4 N–H and O–H groups in total. The van der Waals surface area contributed by atoms with Gasteiger partial charge in [0.05, 0.1) is 30.4 Å². The maximum atomic E-state index is 9.56. The van der Waals surface area contributed by atoms with Crippen molar-refractivity contribution in [3.05, 3.63) is 42.4 Å². The van der Waals surface area contributed by atoms with Crippen molar-refractivity contribution < 1.29 is 5.11 Å². The van der Waals surface area contributed by atoms with Gasteiger partial charge in [-0.25, -0.2) is 4.98 Å². The van der Waals surface area contributed by atoms with Gasteiger partial charge in [-0.2, -0.15) is 4.98 Å². The quantitative estimate of drug-likeness (QED) is 0.614. The normalized spacial score (nSPS) is 12.4. The predicted molar refractivity (Wildman–Crippen MR) is 94.7 cm³/mol. The molecule has 0 aliphatic rings. The molecule has 0 saturated carbocycles. The minimum atomic E-state index is -0.0642. The van der Waals surface area contributed by atoms with Crippen LogP contribution < -0.4 is 11.1 Å². The van der Waals surface area contributed by atoms with Crippen molar-refractivity contribution in [3.8, 4) is 0 Å². The molecule has 3 aromatic rings. The molecule has 0 aliphatic carbocycles. The lowest BCUT2D eigenvalue weighted by atomic mass is 10.2. The molecule has 3 rings (SSSR count). The molecule has 3 heterocycles. The van der Waals surface area contributed by atoms with E-state index in [-0.39, 0.29) is 18.6 Å². The van der Waals surface area contributed by atoms with Crippen molar-refractivity contribution in [2.75, 3.05) is 17.7 Å². The summed E-state index contributed by atoms with van der Waals surface area (Å²) in [4.78, 5) is 13.0. The first-order chi connectivity index (χ1) is 11.7. The number of pyridine rings is 1. The molecule has 0 amide bonds. The van der Waals surface area contributed by atoms with Gasteiger partial charge in [-0.1, -0.05) is 19.4 Å². The molecular formula is C17H22N6O. The van der Waals surface area contributed by atoms with Gasteiger partial charge in [0, 0.05) is 12.4 Å². The summed E-state index contributed by atoms with van der Waals surface area (Å²) in [6, 6.07) is 7.68. The highest BCUT2D eigenvalue weighted by Crippen LogP contribution is 2.24. The molecule has 7 heteroatoms. The zero-order valence-electron chi connectivity index (χ0n) is 13.7. The zero-order chi connectivity index (χ0) is 16.9. The van der Waals surface area contributed by atoms with Gasteiger partial charge < -0.3 is 20.7 Å². The first-order valence-corrected chi connectivity index (χ1v) is 8.11. The van der Waals surface area contributed by atoms with Crippen LogP contribution >= 0.6 is 0 Å². The number of aliphatic hydroxyl groups is 1. The summed E-state index contributed by atoms with van der Waals surface area (Å²) in [7, 11) is 0. The molecule has 0 radical (unpaired) electrons. The van der Waals surface area contributed by atoms with Crippen LogP contribution in [0.3, 0.4) is 0 Å². The Balaban J connectivity index is 1.99. The van der Waals surface area contributed by atoms with Gasteiger partial charge in [-0.15, -0.1) is 0 Å². The number of hydrogen-bond acceptors (Lipinski definition) is 6. The molecule has 0 spiro atoms. The van der Waals surface area contributed by atoms with Gasteiger partial charge in [0.15, 0.2) is 5.82 Å². The second kappa shape index (κ2) is 7.27. The summed E-state index contributed by atoms with van der Waals surface area (Å²) in [5, 5.41) is 12.9. The Morgan fingerprint density at radius 3 is 2.88 bits per heavy atom. The molecule has 0 bridgehead atoms. The van der Waals surface area contributed by atoms with Crippen LogP contribution in [-0.4, -0.2) is 37.3 Å². The van der Waals surface area contributed by atoms with Gasteiger partial charge in [0.2, 0.25) is 5.95 Å². The number of aliphatic hydroxyl groups excluding tert-OH is 1. The van der Waals surface area contributed by atoms with Crippen LogP contribution in [0.4, 0.5) is 11.8 Å². The van der Waals surface area contributed by atoms with Crippen LogP contribution in [0.2, 0.25) is 0 Å². The number of nitrogen functional groups attached to an aromatic ring is 1. The van der Waals surface area contributed by atoms with E-state index >= 15 is 0 Å². The molecule has 1 unspecified atom stereocenters. The van der Waals surface area contributed by atoms with Gasteiger partial charge >= 0.3 is 0 Å². The lowest BCUT2D eigenvalue weighted by Gasteiger charge is -2.18. The van der Waals surface area contributed by atoms with Gasteiger partial charge in [-0.05, 0) is 24.6 Å². The number of hydrogen-bond donors (Lipinski definition) is 3. The predicted octanol–water partition coefficient (Wildman–Crippen LogP) is 2.03. The van der Waals surface area contributed by atoms with Crippen molar-refractivity contribution in [2.45, 2.75) is 32.4 Å². The van der Waals surface area contributed by atoms with Crippen molar-refractivity contribution in [1.29, 1.82) is 0 Å². The van der Waals surface area contributed by atoms with Crippen LogP contribution in [-0.2, 0) is 6.54 Å². The summed E-state index contributed by atoms with van der Waals surface area (Å²) in [6.45, 7) is 2.74. The summed E-state index contributed by atoms with van der Waals surface area (Å²) in [5.41, 5.74) is 8.42. The van der Waals surface area contributed by atoms with Gasteiger partial charge in [-0.3, -0.25) is 4.98 Å². The standard InChI is InChI=1S/C17H22N6O/c1-2-5-13(11-24)20-16-15-14(21-17(18)22-16)7-9-23(15)10-12-6-3-4-8-19-12/h3-4,6-9,13,24H,2,5,10-11H2,1H3,(H3,18,20,21,22). The Morgan fingerprint density at radius 1 is 1.29 bits per heavy atom. The highest BCUT2D eigenvalue weighted by Gasteiger charge is 2.15. The summed E-state index contributed by atoms with van der Waals surface area (Å²) in [6.07, 6.45) is 5.55. The average Bonchev–Trinajstić information content (AvgIpc) is 2.98. The average molecular weight is 326 g/mol. The smallest absolute Gasteiger partial charge is 0.222 e. The Morgan fingerprint density at radius 2 is 2.17 bits per heavy atom. The van der Waals surface area contributed by atoms with Gasteiger partial charge in [0.1, 0.15) is 5.52 Å². The van der Waals surface area contributed by atoms with Gasteiger partial charge in [0.25, 0.3) is 0 Å². The molecule has 0 aromatic carbocycles. The van der Waals surface area contributed by atoms with Crippen molar-refractivity contribution in [2.24, 2.45) is 0 Å². The Kier molecular flexibility index (Phi) is 4.90. The molecule has 0 aliphatic heterocycles. The summed E-state index contributed by atoms with van der Waals surface area (Å²) >= 11 is 0. The molecule has 126 valence electrons. The highest BCUT2D eigenvalue weighted by atomic mass is 16.3. The minimum Gasteiger partial charge on any atom is -0.394 e. The summed E-state index contributed by atoms with van der Waals surface area (Å²) < 4.78 is 2.04. The van der Waals surface area contributed by atoms with E-state index < -0.39 is 0 Å². The van der Waals surface area contributed by atoms with E-state index in [0.29, 0.717) is 12.4 Å². The minimum absolute atomic E-state index is 0.0419. The third kappa shape index (κ3) is 3.46. The molecule has 24 heavy (non-hydrogen) atoms. The lowest BCUT2D eigenvalue weighted by molar-refractivity contribution is 0.268. The molecule has 3 aromatic heterocycles. The maximum absolute atomic E-state index is 9.56. The number of nitrogens with two attached hydrogens (primary N) is 1. The second-order valence-electron chi connectivity index (χ2n) is 5.74. The first-order valence-electron chi connectivity index (χ1n) is 8.11. The first kappa shape index (κ1) is 16.2. The SMILES string of the molecule is CCCC(CO)Nc1nc(N)nc2ccn(Cc3ccccn3)c12. The zero-order valence-corrected chi connectivity index (χ0v) is 13.7. The maximum Gasteiger partial charge on any atom is 0.222 e. The second-order valence-corrected chi connectivity index (χ2v) is 5.74. The van der Waals surface area contributed by atoms with E-state index in [1.165, 1.54) is 0 Å². The van der Waals surface area contributed by atoms with E-state index in [0.717, 1.165) is 29.6 Å². The monoisotopic (exact) mass is 326 g/mol. The number of nitrogens with zero attached hydrogens (tertiary/aromatic N) is 4. The third-order valence-corrected chi connectivity index (χ3v) is 3.88. The van der Waals surface area contributed by atoms with E-state index in [1.807, 2.05) is 35.0 Å². The lowest BCUT2D eigenvalue weighted by Crippen LogP contribution is -2.24. The van der Waals surface area contributed by atoms with Crippen LogP contribution in [0, 0.1) is 0 Å². The number of rotatable bonds is 7. The van der Waals surface area contributed by atoms with E-state index in [9.17, 15) is 5.11 Å². The van der Waals surface area contributed by atoms with Crippen LogP contribution in [0.5, 0.6) is 0 Å². The summed E-state index contributed by atoms with van der Waals surface area (Å²) in [5.74, 6) is 0.861. The topological polar surface area (TPSA) is 102 Å².